The molecule has 0 aromatic rings. The highest BCUT2D eigenvalue weighted by atomic mass is 17.0. The first-order valence-corrected chi connectivity index (χ1v) is 12.4. The summed E-state index contributed by atoms with van der Waals surface area (Å²) in [7, 11) is 0. The molecule has 2 aliphatic rings. The van der Waals surface area contributed by atoms with Crippen molar-refractivity contribution in [2.24, 2.45) is 5.92 Å². The van der Waals surface area contributed by atoms with Crippen molar-refractivity contribution in [2.75, 3.05) is 19.8 Å². The molecule has 6 atom stereocenters. The van der Waals surface area contributed by atoms with Gasteiger partial charge in [-0.2, -0.15) is 0 Å². The molecule has 2 saturated heterocycles. The van der Waals surface area contributed by atoms with E-state index in [9.17, 15) is 34.6 Å². The van der Waals surface area contributed by atoms with Crippen LogP contribution < -0.4 is 5.32 Å². The molecular weight excluding hydrogens is 530 g/mol. The molecule has 0 radical (unpaired) electrons. The predicted octanol–water partition coefficient (Wildman–Crippen LogP) is 1.11. The molecule has 2 rings (SSSR count). The normalized spacial score (nSPS) is 23.7. The summed E-state index contributed by atoms with van der Waals surface area (Å²) in [6, 6.07) is -0.979. The van der Waals surface area contributed by atoms with Gasteiger partial charge < -0.3 is 38.7 Å². The maximum Gasteiger partial charge on any atom is 0.408 e. The van der Waals surface area contributed by atoms with E-state index in [2.05, 4.69) is 15.0 Å². The molecule has 0 aromatic heterocycles. The topological polar surface area (TPSA) is 214 Å². The molecule has 0 aliphatic carbocycles. The summed E-state index contributed by atoms with van der Waals surface area (Å²) in [6.07, 6.45) is -5.11. The second kappa shape index (κ2) is 14.1. The molecule has 39 heavy (non-hydrogen) atoms. The summed E-state index contributed by atoms with van der Waals surface area (Å²) >= 11 is 0. The zero-order chi connectivity index (χ0) is 29.3. The minimum absolute atomic E-state index is 0.0112. The largest absolute Gasteiger partial charge is 0.457 e. The molecule has 0 aromatic carbocycles. The predicted molar refractivity (Wildman–Crippen MR) is 126 cm³/mol. The van der Waals surface area contributed by atoms with E-state index in [0.29, 0.717) is 0 Å². The average molecular weight is 566 g/mol. The van der Waals surface area contributed by atoms with Crippen molar-refractivity contribution in [1.29, 1.82) is 0 Å². The number of esters is 2. The second-order valence-corrected chi connectivity index (χ2v) is 10.3. The maximum atomic E-state index is 12.8. The lowest BCUT2D eigenvalue weighted by Gasteiger charge is -2.26. The second-order valence-electron chi connectivity index (χ2n) is 10.3. The highest BCUT2D eigenvalue weighted by Gasteiger charge is 2.51. The number of nitrogens with one attached hydrogen (secondary N) is 1. The van der Waals surface area contributed by atoms with Gasteiger partial charge in [-0.3, -0.25) is 4.79 Å². The molecule has 0 saturated carbocycles. The number of fused-ring (bicyclic) bond motifs is 1. The molecule has 1 amide bonds. The standard InChI is InChI=1S/C22H35N3O14/c1-12(2)17(23-21(28)38-22(3,4)5)20(27)37-15-11-34-18-14(10-33-19(15)18)36-16(26)8-6-7-13(39-25(31)32)9-35-24(29)30/h12-15,17-19H,6-11H2,1-5H3,(H,23,28)/t13?,14-,15-,17+,18-,19-/m1/s1. The molecule has 2 aliphatic heterocycles. The maximum absolute atomic E-state index is 12.8. The van der Waals surface area contributed by atoms with Crippen molar-refractivity contribution in [2.45, 2.75) is 96.0 Å². The summed E-state index contributed by atoms with van der Waals surface area (Å²) < 4.78 is 27.5. The molecule has 0 spiro atoms. The van der Waals surface area contributed by atoms with Gasteiger partial charge in [0, 0.05) is 6.42 Å². The van der Waals surface area contributed by atoms with Gasteiger partial charge >= 0.3 is 18.0 Å². The minimum atomic E-state index is -1.23. The van der Waals surface area contributed by atoms with Crippen molar-refractivity contribution in [1.82, 2.24) is 5.32 Å². The van der Waals surface area contributed by atoms with Crippen molar-refractivity contribution >= 4 is 18.0 Å². The van der Waals surface area contributed by atoms with E-state index in [-0.39, 0.29) is 38.4 Å². The Hall–Kier alpha value is -3.47. The van der Waals surface area contributed by atoms with E-state index >= 15 is 0 Å². The number of ether oxygens (including phenoxy) is 5. The highest BCUT2D eigenvalue weighted by Crippen LogP contribution is 2.31. The van der Waals surface area contributed by atoms with Crippen LogP contribution in [0, 0.1) is 26.1 Å². The Balaban J connectivity index is 1.83. The van der Waals surface area contributed by atoms with Gasteiger partial charge in [-0.1, -0.05) is 13.8 Å². The Kier molecular flexibility index (Phi) is 11.5. The van der Waals surface area contributed by atoms with Crippen molar-refractivity contribution in [3.05, 3.63) is 20.2 Å². The van der Waals surface area contributed by atoms with E-state index in [0.717, 1.165) is 0 Å². The van der Waals surface area contributed by atoms with E-state index in [1.807, 2.05) is 0 Å². The van der Waals surface area contributed by atoms with Gasteiger partial charge in [0.15, 0.2) is 12.2 Å². The van der Waals surface area contributed by atoms with Crippen LogP contribution in [-0.2, 0) is 42.9 Å². The van der Waals surface area contributed by atoms with Crippen molar-refractivity contribution in [3.8, 4) is 0 Å². The van der Waals surface area contributed by atoms with Gasteiger partial charge in [0.2, 0.25) is 0 Å². The monoisotopic (exact) mass is 565 g/mol. The zero-order valence-electron chi connectivity index (χ0n) is 22.4. The Morgan fingerprint density at radius 1 is 1.00 bits per heavy atom. The van der Waals surface area contributed by atoms with Gasteiger partial charge in [-0.15, -0.1) is 20.2 Å². The van der Waals surface area contributed by atoms with Crippen LogP contribution in [0.25, 0.3) is 0 Å². The number of carbonyl (C=O) groups excluding carboxylic acids is 3. The van der Waals surface area contributed by atoms with Crippen LogP contribution in [0.3, 0.4) is 0 Å². The summed E-state index contributed by atoms with van der Waals surface area (Å²) in [6.45, 7) is 7.87. The Labute approximate surface area is 223 Å². The zero-order valence-corrected chi connectivity index (χ0v) is 22.4. The lowest BCUT2D eigenvalue weighted by molar-refractivity contribution is -0.790. The summed E-state index contributed by atoms with van der Waals surface area (Å²) in [5.74, 6) is -1.64. The molecule has 17 nitrogen and oxygen atoms in total. The fraction of sp³-hybridized carbons (Fsp3) is 0.864. The highest BCUT2D eigenvalue weighted by molar-refractivity contribution is 5.82. The number of rotatable bonds is 14. The molecule has 2 heterocycles. The molecule has 17 heteroatoms. The number of nitrogens with zero attached hydrogens (tertiary/aromatic N) is 2. The fourth-order valence-electron chi connectivity index (χ4n) is 3.92. The number of alkyl carbamates (subject to hydrolysis) is 1. The number of hydrogen-bond donors (Lipinski definition) is 1. The third kappa shape index (κ3) is 10.7. The first-order valence-electron chi connectivity index (χ1n) is 12.4. The van der Waals surface area contributed by atoms with Crippen LogP contribution in [0.15, 0.2) is 0 Å². The SMILES string of the molecule is CC(C)[C@H](NC(=O)OC(C)(C)C)C(=O)O[C@@H]1CO[C@H]2[C@@H]1OC[C@H]2OC(=O)CCCC(CO[N+](=O)[O-])O[N+](=O)[O-]. The summed E-state index contributed by atoms with van der Waals surface area (Å²) in [4.78, 5) is 66.5. The third-order valence-corrected chi connectivity index (χ3v) is 5.61. The Morgan fingerprint density at radius 2 is 1.59 bits per heavy atom. The van der Waals surface area contributed by atoms with Gasteiger partial charge in [-0.05, 0) is 39.5 Å². The van der Waals surface area contributed by atoms with Crippen LogP contribution in [0.2, 0.25) is 0 Å². The van der Waals surface area contributed by atoms with Crippen LogP contribution in [0.4, 0.5) is 4.79 Å². The smallest absolute Gasteiger partial charge is 0.408 e. The fourth-order valence-corrected chi connectivity index (χ4v) is 3.92. The first kappa shape index (κ1) is 31.7. The molecule has 0 bridgehead atoms. The number of amides is 1. The van der Waals surface area contributed by atoms with Crippen LogP contribution >= 0.6 is 0 Å². The van der Waals surface area contributed by atoms with Gasteiger partial charge in [0.05, 0.1) is 13.2 Å². The van der Waals surface area contributed by atoms with Gasteiger partial charge in [-0.25, -0.2) is 9.59 Å². The average Bonchev–Trinajstić information content (AvgIpc) is 3.37. The first-order chi connectivity index (χ1) is 18.2. The van der Waals surface area contributed by atoms with Crippen LogP contribution in [0.1, 0.15) is 53.9 Å². The third-order valence-electron chi connectivity index (χ3n) is 5.61. The molecular formula is C22H35N3O14. The number of carbonyl (C=O) groups is 3. The summed E-state index contributed by atoms with van der Waals surface area (Å²) in [5, 5.41) is 21.1. The molecule has 222 valence electrons. The van der Waals surface area contributed by atoms with Gasteiger partial charge in [0.25, 0.3) is 10.2 Å². The van der Waals surface area contributed by atoms with Crippen LogP contribution in [0.5, 0.6) is 0 Å². The molecule has 2 fully saturated rings. The molecule has 1 N–H and O–H groups in total. The Morgan fingerprint density at radius 3 is 2.10 bits per heavy atom. The quantitative estimate of drug-likeness (QED) is 0.135. The molecule has 1 unspecified atom stereocenters. The van der Waals surface area contributed by atoms with Crippen molar-refractivity contribution in [3.63, 3.8) is 0 Å². The number of hydrogen-bond acceptors (Lipinski definition) is 14. The summed E-state index contributed by atoms with van der Waals surface area (Å²) in [5.41, 5.74) is -0.748. The van der Waals surface area contributed by atoms with E-state index in [1.54, 1.807) is 34.6 Å². The Bertz CT molecular complexity index is 892. The van der Waals surface area contributed by atoms with E-state index in [1.165, 1.54) is 0 Å². The lowest BCUT2D eigenvalue weighted by atomic mass is 10.0. The minimum Gasteiger partial charge on any atom is -0.457 e. The van der Waals surface area contributed by atoms with E-state index < -0.39 is 77.0 Å². The van der Waals surface area contributed by atoms with Gasteiger partial charge in [0.1, 0.15) is 36.6 Å². The van der Waals surface area contributed by atoms with Crippen molar-refractivity contribution < 1.29 is 57.9 Å². The van der Waals surface area contributed by atoms with E-state index in [4.69, 9.17) is 23.7 Å². The van der Waals surface area contributed by atoms with Crippen LogP contribution in [-0.4, -0.2) is 90.2 Å². The lowest BCUT2D eigenvalue weighted by Crippen LogP contribution is -2.49.